The van der Waals surface area contributed by atoms with Gasteiger partial charge in [-0.3, -0.25) is 4.79 Å². The molecule has 3 rings (SSSR count). The molecule has 0 saturated carbocycles. The van der Waals surface area contributed by atoms with Gasteiger partial charge < -0.3 is 31.6 Å². The molecule has 0 aliphatic carbocycles. The number of nitrogens with one attached hydrogen (secondary N) is 2. The van der Waals surface area contributed by atoms with Crippen molar-refractivity contribution in [1.29, 1.82) is 0 Å². The number of hydrogen-bond donors (Lipinski definition) is 4. The van der Waals surface area contributed by atoms with Crippen molar-refractivity contribution in [2.45, 2.75) is 95.7 Å². The lowest BCUT2D eigenvalue weighted by atomic mass is 9.70. The predicted molar refractivity (Wildman–Crippen MR) is 136 cm³/mol. The lowest BCUT2D eigenvalue weighted by Crippen LogP contribution is -2.61. The molecule has 0 radical (unpaired) electrons. The van der Waals surface area contributed by atoms with Gasteiger partial charge in [0.15, 0.2) is 18.1 Å². The van der Waals surface area contributed by atoms with Crippen LogP contribution in [0, 0.1) is 11.3 Å². The number of amides is 1. The van der Waals surface area contributed by atoms with Gasteiger partial charge in [0.25, 0.3) is 0 Å². The highest BCUT2D eigenvalue weighted by Crippen LogP contribution is 2.41. The van der Waals surface area contributed by atoms with E-state index < -0.39 is 12.1 Å². The molecule has 9 heteroatoms. The molecule has 3 aliphatic heterocycles. The number of allylic oxidation sites excluding steroid dienone is 2. The maximum Gasteiger partial charge on any atom is 0.233 e. The van der Waals surface area contributed by atoms with Gasteiger partial charge in [0.05, 0.1) is 31.0 Å². The van der Waals surface area contributed by atoms with E-state index >= 15 is 0 Å². The number of piperidine rings is 1. The Kier molecular flexibility index (Phi) is 10.7. The number of carbonyl (C=O) groups is 1. The summed E-state index contributed by atoms with van der Waals surface area (Å²) >= 11 is 0. The largest absolute Gasteiger partial charge is 0.379 e. The molecule has 6 unspecified atom stereocenters. The fourth-order valence-electron chi connectivity index (χ4n) is 6.08. The topological polar surface area (TPSA) is 115 Å². The number of ether oxygens (including phenoxy) is 2. The summed E-state index contributed by atoms with van der Waals surface area (Å²) in [5.41, 5.74) is 12.5. The predicted octanol–water partition coefficient (Wildman–Crippen LogP) is 1.81. The first-order valence-electron chi connectivity index (χ1n) is 13.5. The number of hydrogen-bond acceptors (Lipinski definition) is 6. The SMILES string of the molecule is CCCC1(CC)CCC=C(F)C=[N+](C)C(C(C(=O)NC2CNCCC2OC2CCOC2)C(N)N)C1. The Morgan fingerprint density at radius 3 is 2.86 bits per heavy atom. The summed E-state index contributed by atoms with van der Waals surface area (Å²) in [6.07, 6.45) is 9.21. The molecule has 35 heavy (non-hydrogen) atoms. The van der Waals surface area contributed by atoms with Crippen LogP contribution >= 0.6 is 0 Å². The summed E-state index contributed by atoms with van der Waals surface area (Å²) in [5, 5.41) is 6.57. The van der Waals surface area contributed by atoms with Gasteiger partial charge in [0.2, 0.25) is 5.91 Å². The van der Waals surface area contributed by atoms with Crippen LogP contribution in [0.15, 0.2) is 11.9 Å². The van der Waals surface area contributed by atoms with Crippen molar-refractivity contribution >= 4 is 12.1 Å². The van der Waals surface area contributed by atoms with E-state index in [1.165, 1.54) is 6.21 Å². The number of halogens is 1. The van der Waals surface area contributed by atoms with E-state index in [1.807, 2.05) is 11.6 Å². The summed E-state index contributed by atoms with van der Waals surface area (Å²) in [5.74, 6) is -1.17. The highest BCUT2D eigenvalue weighted by Gasteiger charge is 2.45. The van der Waals surface area contributed by atoms with Gasteiger partial charge in [-0.05, 0) is 50.1 Å². The average molecular weight is 497 g/mol. The van der Waals surface area contributed by atoms with E-state index in [0.717, 1.165) is 51.5 Å². The molecule has 3 aliphatic rings. The minimum atomic E-state index is -0.876. The minimum absolute atomic E-state index is 0.00340. The Hall–Kier alpha value is -1.39. The summed E-state index contributed by atoms with van der Waals surface area (Å²) in [6, 6.07) is -0.509. The molecule has 0 bridgehead atoms. The molecule has 6 atom stereocenters. The lowest BCUT2D eigenvalue weighted by Gasteiger charge is -2.38. The van der Waals surface area contributed by atoms with Crippen LogP contribution in [0.4, 0.5) is 4.39 Å². The third kappa shape index (κ3) is 7.55. The molecular formula is C26H47FN5O3+. The second-order valence-electron chi connectivity index (χ2n) is 10.7. The van der Waals surface area contributed by atoms with E-state index in [1.54, 1.807) is 6.08 Å². The van der Waals surface area contributed by atoms with Crippen molar-refractivity contribution < 1.29 is 23.2 Å². The lowest BCUT2D eigenvalue weighted by molar-refractivity contribution is -0.545. The van der Waals surface area contributed by atoms with Gasteiger partial charge in [-0.2, -0.15) is 0 Å². The second-order valence-corrected chi connectivity index (χ2v) is 10.7. The first-order valence-corrected chi connectivity index (χ1v) is 13.5. The highest BCUT2D eigenvalue weighted by atomic mass is 19.1. The van der Waals surface area contributed by atoms with Crippen LogP contribution in [0.2, 0.25) is 0 Å². The zero-order valence-corrected chi connectivity index (χ0v) is 21.8. The smallest absolute Gasteiger partial charge is 0.233 e. The molecule has 0 aromatic carbocycles. The number of carbonyl (C=O) groups excluding carboxylic acids is 1. The Balaban J connectivity index is 1.83. The van der Waals surface area contributed by atoms with Crippen molar-refractivity contribution in [2.24, 2.45) is 22.8 Å². The van der Waals surface area contributed by atoms with Crippen molar-refractivity contribution in [3.05, 3.63) is 11.9 Å². The van der Waals surface area contributed by atoms with Gasteiger partial charge in [0.1, 0.15) is 13.0 Å². The van der Waals surface area contributed by atoms with Crippen LogP contribution in [0.5, 0.6) is 0 Å². The van der Waals surface area contributed by atoms with Crippen LogP contribution in [0.25, 0.3) is 0 Å². The van der Waals surface area contributed by atoms with Crippen molar-refractivity contribution in [3.63, 3.8) is 0 Å². The molecular weight excluding hydrogens is 449 g/mol. The normalized spacial score (nSPS) is 33.3. The summed E-state index contributed by atoms with van der Waals surface area (Å²) in [6.45, 7) is 7.13. The van der Waals surface area contributed by atoms with Gasteiger partial charge in [0, 0.05) is 19.6 Å². The van der Waals surface area contributed by atoms with E-state index in [9.17, 15) is 9.18 Å². The van der Waals surface area contributed by atoms with Crippen LogP contribution in [0.3, 0.4) is 0 Å². The Morgan fingerprint density at radius 2 is 2.20 bits per heavy atom. The highest BCUT2D eigenvalue weighted by molar-refractivity contribution is 5.80. The minimum Gasteiger partial charge on any atom is -0.379 e. The van der Waals surface area contributed by atoms with E-state index in [2.05, 4.69) is 24.5 Å². The monoisotopic (exact) mass is 496 g/mol. The first-order chi connectivity index (χ1) is 16.8. The number of rotatable bonds is 9. The zero-order valence-electron chi connectivity index (χ0n) is 21.8. The molecule has 6 N–H and O–H groups in total. The summed E-state index contributed by atoms with van der Waals surface area (Å²) in [4.78, 5) is 13.8. The molecule has 8 nitrogen and oxygen atoms in total. The van der Waals surface area contributed by atoms with Crippen molar-refractivity contribution in [2.75, 3.05) is 33.4 Å². The molecule has 3 heterocycles. The van der Waals surface area contributed by atoms with Crippen molar-refractivity contribution in [1.82, 2.24) is 10.6 Å². The van der Waals surface area contributed by atoms with Gasteiger partial charge >= 0.3 is 0 Å². The summed E-state index contributed by atoms with van der Waals surface area (Å²) in [7, 11) is 1.83. The van der Waals surface area contributed by atoms with Crippen LogP contribution in [-0.2, 0) is 14.3 Å². The average Bonchev–Trinajstić information content (AvgIpc) is 3.33. The first kappa shape index (κ1) is 28.2. The van der Waals surface area contributed by atoms with Crippen LogP contribution in [-0.4, -0.2) is 80.5 Å². The molecule has 2 fully saturated rings. The number of nitrogens with two attached hydrogens (primary N) is 2. The third-order valence-electron chi connectivity index (χ3n) is 8.17. The number of nitrogens with zero attached hydrogens (tertiary/aromatic N) is 1. The molecule has 0 spiro atoms. The quantitative estimate of drug-likeness (QED) is 0.286. The third-order valence-corrected chi connectivity index (χ3v) is 8.17. The standard InChI is InChI=1S/C26H46FN5O3/c1-4-10-26(5-2)11-6-7-18(27)16-32(3)21(14-26)23(24(28)29)25(33)31-20-15-30-12-8-22(20)35-19-9-13-34-17-19/h7,16,19-24,30H,4-6,8-15,17,28-29H2,1-3H3/p+1. The fraction of sp³-hybridized carbons (Fsp3) is 0.846. The summed E-state index contributed by atoms with van der Waals surface area (Å²) < 4.78 is 28.2. The van der Waals surface area contributed by atoms with Crippen molar-refractivity contribution in [3.8, 4) is 0 Å². The van der Waals surface area contributed by atoms with E-state index in [4.69, 9.17) is 20.9 Å². The molecule has 0 aromatic heterocycles. The maximum absolute atomic E-state index is 14.6. The van der Waals surface area contributed by atoms with Gasteiger partial charge in [-0.1, -0.05) is 26.7 Å². The Labute approximate surface area is 210 Å². The maximum atomic E-state index is 14.6. The van der Waals surface area contributed by atoms with Crippen LogP contribution < -0.4 is 22.1 Å². The Morgan fingerprint density at radius 1 is 1.40 bits per heavy atom. The fourth-order valence-corrected chi connectivity index (χ4v) is 6.08. The van der Waals surface area contributed by atoms with Gasteiger partial charge in [-0.25, -0.2) is 8.97 Å². The van der Waals surface area contributed by atoms with Crippen LogP contribution in [0.1, 0.15) is 65.2 Å². The van der Waals surface area contributed by atoms with Gasteiger partial charge in [-0.15, -0.1) is 0 Å². The molecule has 1 amide bonds. The van der Waals surface area contributed by atoms with E-state index in [0.29, 0.717) is 26.2 Å². The second kappa shape index (κ2) is 13.2. The Bertz CT molecular complexity index is 755. The van der Waals surface area contributed by atoms with E-state index in [-0.39, 0.29) is 41.4 Å². The zero-order chi connectivity index (χ0) is 25.4. The molecule has 2 saturated heterocycles. The molecule has 200 valence electrons. The molecule has 0 aromatic rings.